The molecule has 0 amide bonds. The lowest BCUT2D eigenvalue weighted by atomic mass is 10.1. The van der Waals surface area contributed by atoms with E-state index in [1.54, 1.807) is 13.0 Å². The van der Waals surface area contributed by atoms with E-state index in [0.29, 0.717) is 18.8 Å². The number of unbranched alkanes of at least 4 members (excludes halogenated alkanes) is 3. The van der Waals surface area contributed by atoms with Crippen molar-refractivity contribution >= 4 is 28.8 Å². The van der Waals surface area contributed by atoms with Crippen LogP contribution in [0.1, 0.15) is 38.2 Å². The molecule has 0 aliphatic heterocycles. The summed E-state index contributed by atoms with van der Waals surface area (Å²) in [5, 5.41) is 10.8. The molecule has 0 spiro atoms. The molecule has 1 N–H and O–H groups in total. The van der Waals surface area contributed by atoms with E-state index >= 15 is 0 Å². The predicted molar refractivity (Wildman–Crippen MR) is 110 cm³/mol. The highest BCUT2D eigenvalue weighted by molar-refractivity contribution is 5.89. The Bertz CT molecular complexity index is 866. The number of hydrogen-bond donors (Lipinski definition) is 1. The number of esters is 1. The third kappa shape index (κ3) is 7.27. The number of benzene rings is 2. The number of carboxylic acid groups (broad SMARTS) is 1. The Kier molecular flexibility index (Phi) is 8.28. The quantitative estimate of drug-likeness (QED) is 0.336. The molecule has 0 bridgehead atoms. The van der Waals surface area contributed by atoms with E-state index in [9.17, 15) is 9.59 Å². The normalized spacial score (nSPS) is 10.9. The largest absolute Gasteiger partial charge is 0.494 e. The van der Waals surface area contributed by atoms with Crippen LogP contribution in [0.25, 0.3) is 16.8 Å². The van der Waals surface area contributed by atoms with Gasteiger partial charge >= 0.3 is 11.9 Å². The van der Waals surface area contributed by atoms with Crippen molar-refractivity contribution in [3.05, 3.63) is 60.2 Å². The molecule has 0 saturated heterocycles. The second kappa shape index (κ2) is 10.9. The lowest BCUT2D eigenvalue weighted by Gasteiger charge is -2.08. The summed E-state index contributed by atoms with van der Waals surface area (Å²) in [6, 6.07) is 11.7. The number of hydrogen-bond acceptors (Lipinski definition) is 4. The lowest BCUT2D eigenvalue weighted by Crippen LogP contribution is -2.06. The van der Waals surface area contributed by atoms with Crippen LogP contribution in [0.5, 0.6) is 5.75 Å². The summed E-state index contributed by atoms with van der Waals surface area (Å²) in [5.41, 5.74) is 1.27. The summed E-state index contributed by atoms with van der Waals surface area (Å²) in [6.45, 7) is 6.25. The average Bonchev–Trinajstić information content (AvgIpc) is 2.67. The van der Waals surface area contributed by atoms with Gasteiger partial charge in [0, 0.05) is 11.6 Å². The van der Waals surface area contributed by atoms with E-state index < -0.39 is 5.97 Å². The van der Waals surface area contributed by atoms with Crippen LogP contribution < -0.4 is 4.74 Å². The van der Waals surface area contributed by atoms with Crippen LogP contribution in [0, 0.1) is 0 Å². The highest BCUT2D eigenvalue weighted by Crippen LogP contribution is 2.23. The highest BCUT2D eigenvalue weighted by Gasteiger charge is 2.02. The molecule has 2 aromatic rings. The van der Waals surface area contributed by atoms with Gasteiger partial charge in [-0.25, -0.2) is 9.59 Å². The smallest absolute Gasteiger partial charge is 0.333 e. The number of carboxylic acids is 1. The van der Waals surface area contributed by atoms with Crippen molar-refractivity contribution in [3.8, 4) is 5.75 Å². The second-order valence-electron chi connectivity index (χ2n) is 6.62. The van der Waals surface area contributed by atoms with Gasteiger partial charge in [-0.1, -0.05) is 24.8 Å². The molecule has 0 aromatic heterocycles. The van der Waals surface area contributed by atoms with Gasteiger partial charge in [-0.3, -0.25) is 0 Å². The van der Waals surface area contributed by atoms with Crippen molar-refractivity contribution in [3.63, 3.8) is 0 Å². The molecular formula is C23H26O5. The average molecular weight is 382 g/mol. The molecule has 2 aromatic carbocycles. The van der Waals surface area contributed by atoms with Crippen LogP contribution in [0.3, 0.4) is 0 Å². The molecule has 0 fully saturated rings. The lowest BCUT2D eigenvalue weighted by molar-refractivity contribution is -0.139. The van der Waals surface area contributed by atoms with Gasteiger partial charge in [-0.2, -0.15) is 0 Å². The number of aliphatic carboxylic acids is 1. The predicted octanol–water partition coefficient (Wildman–Crippen LogP) is 5.00. The summed E-state index contributed by atoms with van der Waals surface area (Å²) in [4.78, 5) is 21.8. The second-order valence-corrected chi connectivity index (χ2v) is 6.62. The fourth-order valence-electron chi connectivity index (χ4n) is 2.64. The SMILES string of the molecule is C=C(C)C(=O)OCCCCCCOc1ccc2cc(/C=C/C(=O)O)ccc2c1. The topological polar surface area (TPSA) is 72.8 Å². The molecule has 0 saturated carbocycles. The zero-order chi connectivity index (χ0) is 20.4. The first-order chi connectivity index (χ1) is 13.5. The number of carbonyl (C=O) groups excluding carboxylic acids is 1. The number of rotatable bonds is 11. The molecule has 0 aliphatic rings. The minimum atomic E-state index is -0.961. The molecular weight excluding hydrogens is 356 g/mol. The first-order valence-corrected chi connectivity index (χ1v) is 9.36. The van der Waals surface area contributed by atoms with Crippen molar-refractivity contribution in [2.45, 2.75) is 32.6 Å². The fraction of sp³-hybridized carbons (Fsp3) is 0.304. The maximum atomic E-state index is 11.2. The van der Waals surface area contributed by atoms with Crippen LogP contribution in [0.15, 0.2) is 54.6 Å². The van der Waals surface area contributed by atoms with Gasteiger partial charge in [0.2, 0.25) is 0 Å². The minimum absolute atomic E-state index is 0.329. The summed E-state index contributed by atoms with van der Waals surface area (Å²) in [7, 11) is 0. The summed E-state index contributed by atoms with van der Waals surface area (Å²) < 4.78 is 10.9. The highest BCUT2D eigenvalue weighted by atomic mass is 16.5. The van der Waals surface area contributed by atoms with Crippen LogP contribution in [-0.2, 0) is 14.3 Å². The standard InChI is InChI=1S/C23H26O5/c1-17(2)23(26)28-14-6-4-3-5-13-27-21-11-10-19-15-18(8-12-22(24)25)7-9-20(19)16-21/h7-12,15-16H,1,3-6,13-14H2,2H3,(H,24,25)/b12-8+. The summed E-state index contributed by atoms with van der Waals surface area (Å²) >= 11 is 0. The summed E-state index contributed by atoms with van der Waals surface area (Å²) in [5.74, 6) is -0.474. The molecule has 2 rings (SSSR count). The van der Waals surface area contributed by atoms with Gasteiger partial charge in [-0.05, 0) is 73.2 Å². The van der Waals surface area contributed by atoms with E-state index in [2.05, 4.69) is 6.58 Å². The van der Waals surface area contributed by atoms with Gasteiger partial charge in [-0.15, -0.1) is 0 Å². The van der Waals surface area contributed by atoms with Gasteiger partial charge in [0.05, 0.1) is 13.2 Å². The van der Waals surface area contributed by atoms with E-state index in [1.807, 2.05) is 36.4 Å². The first-order valence-electron chi connectivity index (χ1n) is 9.36. The number of fused-ring (bicyclic) bond motifs is 1. The molecule has 5 nitrogen and oxygen atoms in total. The Morgan fingerprint density at radius 1 is 1.00 bits per heavy atom. The van der Waals surface area contributed by atoms with E-state index in [0.717, 1.165) is 53.8 Å². The molecule has 0 unspecified atom stereocenters. The first kappa shape index (κ1) is 21.2. The molecule has 148 valence electrons. The van der Waals surface area contributed by atoms with Gasteiger partial charge in [0.25, 0.3) is 0 Å². The van der Waals surface area contributed by atoms with Crippen LogP contribution in [0.4, 0.5) is 0 Å². The Morgan fingerprint density at radius 2 is 1.68 bits per heavy atom. The van der Waals surface area contributed by atoms with E-state index in [1.165, 1.54) is 0 Å². The van der Waals surface area contributed by atoms with Crippen molar-refractivity contribution in [2.75, 3.05) is 13.2 Å². The van der Waals surface area contributed by atoms with Crippen LogP contribution in [0.2, 0.25) is 0 Å². The van der Waals surface area contributed by atoms with Crippen LogP contribution in [-0.4, -0.2) is 30.3 Å². The van der Waals surface area contributed by atoms with Crippen LogP contribution >= 0.6 is 0 Å². The Balaban J connectivity index is 1.71. The van der Waals surface area contributed by atoms with Crippen molar-refractivity contribution < 1.29 is 24.2 Å². The third-order valence-corrected chi connectivity index (χ3v) is 4.14. The van der Waals surface area contributed by atoms with Gasteiger partial charge in [0.1, 0.15) is 5.75 Å². The molecule has 0 atom stereocenters. The summed E-state index contributed by atoms with van der Waals surface area (Å²) in [6.07, 6.45) is 6.47. The fourth-order valence-corrected chi connectivity index (χ4v) is 2.64. The van der Waals surface area contributed by atoms with Gasteiger partial charge < -0.3 is 14.6 Å². The maximum Gasteiger partial charge on any atom is 0.333 e. The third-order valence-electron chi connectivity index (χ3n) is 4.14. The zero-order valence-corrected chi connectivity index (χ0v) is 16.1. The van der Waals surface area contributed by atoms with Crippen molar-refractivity contribution in [2.24, 2.45) is 0 Å². The Hall–Kier alpha value is -3.08. The molecule has 0 aliphatic carbocycles. The van der Waals surface area contributed by atoms with Crippen molar-refractivity contribution in [1.29, 1.82) is 0 Å². The van der Waals surface area contributed by atoms with E-state index in [4.69, 9.17) is 14.6 Å². The molecule has 28 heavy (non-hydrogen) atoms. The number of ether oxygens (including phenoxy) is 2. The van der Waals surface area contributed by atoms with Gasteiger partial charge in [0.15, 0.2) is 0 Å². The maximum absolute atomic E-state index is 11.2. The number of carbonyl (C=O) groups is 2. The minimum Gasteiger partial charge on any atom is -0.494 e. The molecule has 0 heterocycles. The van der Waals surface area contributed by atoms with Crippen molar-refractivity contribution in [1.82, 2.24) is 0 Å². The monoisotopic (exact) mass is 382 g/mol. The molecule has 5 heteroatoms. The Labute approximate surface area is 165 Å². The molecule has 0 radical (unpaired) electrons. The van der Waals surface area contributed by atoms with E-state index in [-0.39, 0.29) is 5.97 Å². The zero-order valence-electron chi connectivity index (χ0n) is 16.1. The Morgan fingerprint density at radius 3 is 2.39 bits per heavy atom.